The highest BCUT2D eigenvalue weighted by Crippen LogP contribution is 2.42. The molecule has 1 saturated carbocycles. The fourth-order valence-corrected chi connectivity index (χ4v) is 4.45. The second kappa shape index (κ2) is 6.60. The van der Waals surface area contributed by atoms with Gasteiger partial charge in [0, 0.05) is 18.0 Å². The lowest BCUT2D eigenvalue weighted by Crippen LogP contribution is -2.31. The van der Waals surface area contributed by atoms with Crippen molar-refractivity contribution < 1.29 is 14.3 Å². The summed E-state index contributed by atoms with van der Waals surface area (Å²) >= 11 is 0. The maximum absolute atomic E-state index is 12.2. The van der Waals surface area contributed by atoms with E-state index in [1.165, 1.54) is 0 Å². The van der Waals surface area contributed by atoms with Crippen molar-refractivity contribution in [2.75, 3.05) is 13.2 Å². The van der Waals surface area contributed by atoms with Gasteiger partial charge in [0.2, 0.25) is 0 Å². The van der Waals surface area contributed by atoms with Crippen LogP contribution in [0.2, 0.25) is 0 Å². The van der Waals surface area contributed by atoms with Gasteiger partial charge >= 0.3 is 5.97 Å². The first-order valence-corrected chi connectivity index (χ1v) is 9.67. The fourth-order valence-electron chi connectivity index (χ4n) is 4.45. The molecule has 3 atom stereocenters. The van der Waals surface area contributed by atoms with Crippen molar-refractivity contribution in [2.24, 2.45) is 11.8 Å². The van der Waals surface area contributed by atoms with E-state index in [-0.39, 0.29) is 18.0 Å². The van der Waals surface area contributed by atoms with E-state index in [0.717, 1.165) is 41.9 Å². The monoisotopic (exact) mass is 369 g/mol. The van der Waals surface area contributed by atoms with E-state index in [1.807, 2.05) is 12.3 Å². The number of rotatable bonds is 5. The second-order valence-electron chi connectivity index (χ2n) is 7.69. The topological polar surface area (TPSA) is 94.4 Å². The first-order valence-electron chi connectivity index (χ1n) is 9.67. The van der Waals surface area contributed by atoms with E-state index in [0.29, 0.717) is 31.5 Å². The van der Waals surface area contributed by atoms with Gasteiger partial charge in [0.15, 0.2) is 11.3 Å². The van der Waals surface area contributed by atoms with Gasteiger partial charge < -0.3 is 14.5 Å². The molecule has 1 aliphatic carbocycles. The predicted octanol–water partition coefficient (Wildman–Crippen LogP) is 2.46. The van der Waals surface area contributed by atoms with Crippen molar-refractivity contribution in [3.05, 3.63) is 24.3 Å². The Kier molecular flexibility index (Phi) is 4.07. The van der Waals surface area contributed by atoms with E-state index in [2.05, 4.69) is 31.5 Å². The maximum atomic E-state index is 12.2. The Morgan fingerprint density at radius 1 is 1.37 bits per heavy atom. The van der Waals surface area contributed by atoms with Crippen molar-refractivity contribution >= 4 is 22.8 Å². The van der Waals surface area contributed by atoms with E-state index in [1.54, 1.807) is 6.20 Å². The molecule has 142 valence electrons. The number of carbonyl (C=O) groups excluding carboxylic acids is 1. The van der Waals surface area contributed by atoms with E-state index in [9.17, 15) is 4.79 Å². The standard InChI is InChI=1S/C19H23N5O3/c1-2-12-6-13(27-17(25)5-11-9-26-10-11)7-14(12)19-23-22-16-8-21-18-15(24(16)19)3-4-20-18/h3-4,8,11-14,20H,2,5-7,9-10H2,1H3/t12-,13+,14+/m1/s1. The Balaban J connectivity index is 1.40. The van der Waals surface area contributed by atoms with Crippen molar-refractivity contribution in [1.29, 1.82) is 0 Å². The molecule has 3 aromatic heterocycles. The second-order valence-corrected chi connectivity index (χ2v) is 7.69. The van der Waals surface area contributed by atoms with E-state index in [4.69, 9.17) is 9.47 Å². The van der Waals surface area contributed by atoms with Crippen LogP contribution in [0.5, 0.6) is 0 Å². The molecule has 4 heterocycles. The summed E-state index contributed by atoms with van der Waals surface area (Å²) in [6.07, 6.45) is 6.72. The number of hydrogen-bond acceptors (Lipinski definition) is 6. The Morgan fingerprint density at radius 3 is 3.04 bits per heavy atom. The first-order chi connectivity index (χ1) is 13.2. The summed E-state index contributed by atoms with van der Waals surface area (Å²) < 4.78 is 13.0. The zero-order valence-electron chi connectivity index (χ0n) is 15.3. The van der Waals surface area contributed by atoms with Crippen LogP contribution in [0.4, 0.5) is 0 Å². The van der Waals surface area contributed by atoms with Crippen LogP contribution in [0.25, 0.3) is 16.8 Å². The minimum Gasteiger partial charge on any atom is -0.462 e. The number of hydrogen-bond donors (Lipinski definition) is 1. The van der Waals surface area contributed by atoms with Crippen molar-refractivity contribution in [3.63, 3.8) is 0 Å². The Hall–Kier alpha value is -2.48. The summed E-state index contributed by atoms with van der Waals surface area (Å²) in [6.45, 7) is 3.53. The molecule has 0 amide bonds. The van der Waals surface area contributed by atoms with Crippen LogP contribution in [0.15, 0.2) is 18.5 Å². The zero-order valence-corrected chi connectivity index (χ0v) is 15.3. The third-order valence-corrected chi connectivity index (χ3v) is 5.94. The van der Waals surface area contributed by atoms with Crippen molar-refractivity contribution in [2.45, 2.75) is 44.6 Å². The summed E-state index contributed by atoms with van der Waals surface area (Å²) in [5.74, 6) is 1.80. The number of aromatic amines is 1. The van der Waals surface area contributed by atoms with E-state index >= 15 is 0 Å². The zero-order chi connectivity index (χ0) is 18.4. The van der Waals surface area contributed by atoms with Gasteiger partial charge in [-0.1, -0.05) is 13.3 Å². The predicted molar refractivity (Wildman–Crippen MR) is 97.2 cm³/mol. The molecule has 1 aliphatic heterocycles. The normalized spacial score (nSPS) is 25.9. The molecule has 0 radical (unpaired) electrons. The number of H-pyrrole nitrogens is 1. The molecule has 1 N–H and O–H groups in total. The molecule has 8 heteroatoms. The molecular formula is C19H23N5O3. The molecule has 2 fully saturated rings. The average molecular weight is 369 g/mol. The van der Waals surface area contributed by atoms with Crippen LogP contribution in [0.3, 0.4) is 0 Å². The van der Waals surface area contributed by atoms with Crippen LogP contribution in [0, 0.1) is 11.8 Å². The summed E-state index contributed by atoms with van der Waals surface area (Å²) in [6, 6.07) is 2.00. The quantitative estimate of drug-likeness (QED) is 0.694. The lowest BCUT2D eigenvalue weighted by molar-refractivity contribution is -0.154. The summed E-state index contributed by atoms with van der Waals surface area (Å²) in [4.78, 5) is 19.7. The first kappa shape index (κ1) is 16.7. The van der Waals surface area contributed by atoms with Crippen LogP contribution >= 0.6 is 0 Å². The molecular weight excluding hydrogens is 346 g/mol. The molecule has 0 spiro atoms. The molecule has 5 rings (SSSR count). The molecule has 0 bridgehead atoms. The number of aromatic nitrogens is 5. The third-order valence-electron chi connectivity index (χ3n) is 5.94. The van der Waals surface area contributed by atoms with Crippen molar-refractivity contribution in [1.82, 2.24) is 24.6 Å². The van der Waals surface area contributed by atoms with Crippen LogP contribution in [0.1, 0.15) is 44.3 Å². The van der Waals surface area contributed by atoms with Gasteiger partial charge in [-0.25, -0.2) is 4.98 Å². The van der Waals surface area contributed by atoms with Crippen LogP contribution in [-0.4, -0.2) is 49.9 Å². The van der Waals surface area contributed by atoms with Crippen LogP contribution < -0.4 is 0 Å². The molecule has 8 nitrogen and oxygen atoms in total. The minimum atomic E-state index is -0.105. The Labute approximate surface area is 156 Å². The largest absolute Gasteiger partial charge is 0.462 e. The van der Waals surface area contributed by atoms with Gasteiger partial charge in [0.25, 0.3) is 0 Å². The fraction of sp³-hybridized carbons (Fsp3) is 0.579. The lowest BCUT2D eigenvalue weighted by Gasteiger charge is -2.25. The smallest absolute Gasteiger partial charge is 0.306 e. The number of carbonyl (C=O) groups is 1. The number of nitrogens with one attached hydrogen (secondary N) is 1. The third kappa shape index (κ3) is 2.88. The number of nitrogens with zero attached hydrogens (tertiary/aromatic N) is 4. The Morgan fingerprint density at radius 2 is 2.26 bits per heavy atom. The minimum absolute atomic E-state index is 0.0515. The average Bonchev–Trinajstić information content (AvgIpc) is 3.34. The molecule has 1 saturated heterocycles. The maximum Gasteiger partial charge on any atom is 0.306 e. The van der Waals surface area contributed by atoms with Gasteiger partial charge in [-0.05, 0) is 24.8 Å². The van der Waals surface area contributed by atoms with Gasteiger partial charge in [0.05, 0.1) is 31.3 Å². The highest BCUT2D eigenvalue weighted by atomic mass is 16.5. The molecule has 0 aromatic carbocycles. The SMILES string of the molecule is CC[C@@H]1C[C@H](OC(=O)CC2COC2)C[C@@H]1c1nnc2cnc3[nH]ccc3n12. The van der Waals surface area contributed by atoms with Gasteiger partial charge in [-0.3, -0.25) is 9.20 Å². The van der Waals surface area contributed by atoms with Gasteiger partial charge in [-0.2, -0.15) is 0 Å². The molecule has 0 unspecified atom stereocenters. The Bertz CT molecular complexity index is 976. The van der Waals surface area contributed by atoms with Gasteiger partial charge in [-0.15, -0.1) is 10.2 Å². The summed E-state index contributed by atoms with van der Waals surface area (Å²) in [5.41, 5.74) is 2.55. The number of ether oxygens (including phenoxy) is 2. The summed E-state index contributed by atoms with van der Waals surface area (Å²) in [5, 5.41) is 8.81. The number of fused-ring (bicyclic) bond motifs is 3. The van der Waals surface area contributed by atoms with Crippen molar-refractivity contribution in [3.8, 4) is 0 Å². The molecule has 3 aromatic rings. The van der Waals surface area contributed by atoms with Crippen LogP contribution in [-0.2, 0) is 14.3 Å². The lowest BCUT2D eigenvalue weighted by atomic mass is 9.93. The molecule has 27 heavy (non-hydrogen) atoms. The van der Waals surface area contributed by atoms with Gasteiger partial charge in [0.1, 0.15) is 11.9 Å². The highest BCUT2D eigenvalue weighted by Gasteiger charge is 2.39. The number of esters is 1. The highest BCUT2D eigenvalue weighted by molar-refractivity contribution is 5.74. The van der Waals surface area contributed by atoms with E-state index < -0.39 is 0 Å². The molecule has 2 aliphatic rings. The summed E-state index contributed by atoms with van der Waals surface area (Å²) in [7, 11) is 0.